The highest BCUT2D eigenvalue weighted by molar-refractivity contribution is 5.80. The molecule has 0 N–H and O–H groups in total. The maximum atomic E-state index is 13.2. The third kappa shape index (κ3) is 5.70. The van der Waals surface area contributed by atoms with E-state index in [1.54, 1.807) is 0 Å². The zero-order valence-electron chi connectivity index (χ0n) is 19.8. The topological polar surface area (TPSA) is 70.9 Å². The molecule has 4 rings (SSSR count). The van der Waals surface area contributed by atoms with Gasteiger partial charge in [0.25, 0.3) is 0 Å². The zero-order chi connectivity index (χ0) is 22.5. The smallest absolute Gasteiger partial charge is 0.225 e. The maximum Gasteiger partial charge on any atom is 0.225 e. The molecule has 1 aromatic heterocycles. The van der Waals surface area contributed by atoms with Gasteiger partial charge in [0.2, 0.25) is 11.8 Å². The summed E-state index contributed by atoms with van der Waals surface area (Å²) in [7, 11) is 0. The minimum atomic E-state index is 0.158. The highest BCUT2D eigenvalue weighted by atomic mass is 16.5. The lowest BCUT2D eigenvalue weighted by Crippen LogP contribution is -2.48. The van der Waals surface area contributed by atoms with Crippen LogP contribution in [0, 0.1) is 19.8 Å². The van der Waals surface area contributed by atoms with Gasteiger partial charge in [0, 0.05) is 63.8 Å². The Morgan fingerprint density at radius 1 is 1.12 bits per heavy atom. The number of amides is 2. The molecule has 1 aromatic rings. The molecule has 1 aliphatic carbocycles. The summed E-state index contributed by atoms with van der Waals surface area (Å²) in [4.78, 5) is 32.6. The number of likely N-dealkylation sites (tertiary alicyclic amines) is 1. The van der Waals surface area contributed by atoms with E-state index in [0.717, 1.165) is 83.0 Å². The predicted molar refractivity (Wildman–Crippen MR) is 122 cm³/mol. The van der Waals surface area contributed by atoms with E-state index in [2.05, 4.69) is 14.9 Å². The third-order valence-electron chi connectivity index (χ3n) is 7.31. The molecule has 8 nitrogen and oxygen atoms in total. The van der Waals surface area contributed by atoms with E-state index in [0.29, 0.717) is 25.4 Å². The van der Waals surface area contributed by atoms with E-state index in [1.165, 1.54) is 6.42 Å². The van der Waals surface area contributed by atoms with Gasteiger partial charge < -0.3 is 14.5 Å². The molecule has 2 amide bonds. The monoisotopic (exact) mass is 445 g/mol. The first-order valence-corrected chi connectivity index (χ1v) is 12.4. The highest BCUT2D eigenvalue weighted by Gasteiger charge is 2.37. The fourth-order valence-corrected chi connectivity index (χ4v) is 5.14. The van der Waals surface area contributed by atoms with Crippen LogP contribution in [0.1, 0.15) is 49.9 Å². The molecule has 3 heterocycles. The van der Waals surface area contributed by atoms with Crippen molar-refractivity contribution in [2.75, 3.05) is 52.5 Å². The van der Waals surface area contributed by atoms with Crippen LogP contribution in [0.2, 0.25) is 0 Å². The summed E-state index contributed by atoms with van der Waals surface area (Å²) in [5.74, 6) is 0.693. The van der Waals surface area contributed by atoms with Crippen LogP contribution in [-0.4, -0.2) is 94.8 Å². The molecule has 178 valence electrons. The third-order valence-corrected chi connectivity index (χ3v) is 7.31. The van der Waals surface area contributed by atoms with Gasteiger partial charge in [-0.3, -0.25) is 19.2 Å². The van der Waals surface area contributed by atoms with Crippen molar-refractivity contribution in [3.8, 4) is 0 Å². The van der Waals surface area contributed by atoms with E-state index in [9.17, 15) is 9.59 Å². The van der Waals surface area contributed by atoms with Crippen molar-refractivity contribution in [3.05, 3.63) is 17.5 Å². The number of carbonyl (C=O) groups is 2. The molecule has 1 saturated carbocycles. The molecule has 0 aromatic carbocycles. The Balaban J connectivity index is 1.29. The minimum Gasteiger partial charge on any atom is -0.379 e. The second-order valence-electron chi connectivity index (χ2n) is 9.65. The summed E-state index contributed by atoms with van der Waals surface area (Å²) in [6, 6.07) is 2.20. The number of morpholine rings is 1. The Kier molecular flexibility index (Phi) is 7.84. The molecule has 0 spiro atoms. The fraction of sp³-hybridized carbons (Fsp3) is 0.792. The Hall–Kier alpha value is -1.93. The molecular weight excluding hydrogens is 406 g/mol. The number of carbonyl (C=O) groups excluding carboxylic acids is 2. The number of aromatic nitrogens is 2. The van der Waals surface area contributed by atoms with Crippen LogP contribution < -0.4 is 0 Å². The van der Waals surface area contributed by atoms with Gasteiger partial charge in [-0.15, -0.1) is 0 Å². The largest absolute Gasteiger partial charge is 0.379 e. The summed E-state index contributed by atoms with van der Waals surface area (Å²) in [5, 5.41) is 4.46. The van der Waals surface area contributed by atoms with Crippen molar-refractivity contribution in [2.24, 2.45) is 5.92 Å². The van der Waals surface area contributed by atoms with Crippen LogP contribution in [-0.2, 0) is 20.9 Å². The number of hydrogen-bond acceptors (Lipinski definition) is 5. The number of nitrogens with zero attached hydrogens (tertiary/aromatic N) is 5. The molecule has 0 bridgehead atoms. The van der Waals surface area contributed by atoms with Crippen molar-refractivity contribution >= 4 is 11.8 Å². The second kappa shape index (κ2) is 10.8. The summed E-state index contributed by atoms with van der Waals surface area (Å²) < 4.78 is 7.36. The van der Waals surface area contributed by atoms with Gasteiger partial charge in [-0.2, -0.15) is 5.10 Å². The normalized spacial score (nSPS) is 22.2. The molecule has 3 fully saturated rings. The van der Waals surface area contributed by atoms with Gasteiger partial charge in [0.1, 0.15) is 0 Å². The van der Waals surface area contributed by atoms with Gasteiger partial charge in [-0.25, -0.2) is 0 Å². The van der Waals surface area contributed by atoms with Gasteiger partial charge in [-0.1, -0.05) is 6.42 Å². The van der Waals surface area contributed by atoms with Crippen molar-refractivity contribution in [2.45, 2.75) is 65.0 Å². The number of rotatable bonds is 9. The lowest BCUT2D eigenvalue weighted by atomic mass is 9.84. The molecule has 8 heteroatoms. The van der Waals surface area contributed by atoms with Gasteiger partial charge in [-0.05, 0) is 45.6 Å². The van der Waals surface area contributed by atoms with Crippen LogP contribution >= 0.6 is 0 Å². The maximum absolute atomic E-state index is 13.2. The molecular formula is C24H39N5O3. The number of aryl methyl sites for hydroxylation is 3. The number of ether oxygens (including phenoxy) is 1. The average molecular weight is 446 g/mol. The summed E-state index contributed by atoms with van der Waals surface area (Å²) in [5.41, 5.74) is 2.07. The van der Waals surface area contributed by atoms with E-state index >= 15 is 0 Å². The van der Waals surface area contributed by atoms with Crippen LogP contribution in [0.25, 0.3) is 0 Å². The molecule has 32 heavy (non-hydrogen) atoms. The minimum absolute atomic E-state index is 0.158. The van der Waals surface area contributed by atoms with E-state index in [1.807, 2.05) is 29.5 Å². The van der Waals surface area contributed by atoms with Crippen LogP contribution in [0.5, 0.6) is 0 Å². The van der Waals surface area contributed by atoms with E-state index < -0.39 is 0 Å². The first kappa shape index (κ1) is 23.2. The van der Waals surface area contributed by atoms with E-state index in [4.69, 9.17) is 4.74 Å². The van der Waals surface area contributed by atoms with Crippen LogP contribution in [0.4, 0.5) is 0 Å². The molecule has 0 radical (unpaired) electrons. The lowest BCUT2D eigenvalue weighted by Gasteiger charge is -2.36. The molecule has 2 aliphatic heterocycles. The Labute approximate surface area is 191 Å². The van der Waals surface area contributed by atoms with Gasteiger partial charge >= 0.3 is 0 Å². The first-order chi connectivity index (χ1) is 15.5. The van der Waals surface area contributed by atoms with Crippen molar-refractivity contribution < 1.29 is 14.3 Å². The number of hydrogen-bond donors (Lipinski definition) is 0. The molecule has 1 unspecified atom stereocenters. The Morgan fingerprint density at radius 3 is 2.56 bits per heavy atom. The Morgan fingerprint density at radius 2 is 1.91 bits per heavy atom. The molecule has 2 saturated heterocycles. The second-order valence-corrected chi connectivity index (χ2v) is 9.65. The van der Waals surface area contributed by atoms with Gasteiger partial charge in [0.05, 0.1) is 24.9 Å². The predicted octanol–water partition coefficient (Wildman–Crippen LogP) is 1.84. The summed E-state index contributed by atoms with van der Waals surface area (Å²) in [6.45, 7) is 11.4. The van der Waals surface area contributed by atoms with Gasteiger partial charge in [0.15, 0.2) is 0 Å². The van der Waals surface area contributed by atoms with Crippen molar-refractivity contribution in [1.29, 1.82) is 0 Å². The highest BCUT2D eigenvalue weighted by Crippen LogP contribution is 2.30. The van der Waals surface area contributed by atoms with Crippen molar-refractivity contribution in [3.63, 3.8) is 0 Å². The SMILES string of the molecule is Cc1cc(C)n(CCC(=O)N2CCC(N(CCCN3CCOCC3)C(=O)C3CCC3)C2)n1. The average Bonchev–Trinajstić information content (AvgIpc) is 3.35. The van der Waals surface area contributed by atoms with Crippen molar-refractivity contribution in [1.82, 2.24) is 24.5 Å². The Bertz CT molecular complexity index is 785. The standard InChI is InChI=1S/C24H39N5O3/c1-19-17-20(2)29(25-19)12-8-23(30)27-11-7-22(18-27)28(24(31)21-5-3-6-21)10-4-9-26-13-15-32-16-14-26/h17,21-22H,3-16,18H2,1-2H3. The first-order valence-electron chi connectivity index (χ1n) is 12.4. The van der Waals surface area contributed by atoms with Crippen LogP contribution in [0.3, 0.4) is 0 Å². The van der Waals surface area contributed by atoms with E-state index in [-0.39, 0.29) is 17.9 Å². The fourth-order valence-electron chi connectivity index (χ4n) is 5.14. The summed E-state index contributed by atoms with van der Waals surface area (Å²) in [6.07, 6.45) is 5.55. The molecule has 3 aliphatic rings. The zero-order valence-corrected chi connectivity index (χ0v) is 19.8. The quantitative estimate of drug-likeness (QED) is 0.580. The summed E-state index contributed by atoms with van der Waals surface area (Å²) >= 11 is 0. The lowest BCUT2D eigenvalue weighted by molar-refractivity contribution is -0.141. The molecule has 1 atom stereocenters. The van der Waals surface area contributed by atoms with Crippen LogP contribution in [0.15, 0.2) is 6.07 Å².